The highest BCUT2D eigenvalue weighted by molar-refractivity contribution is 6.31. The highest BCUT2D eigenvalue weighted by Crippen LogP contribution is 2.27. The lowest BCUT2D eigenvalue weighted by Gasteiger charge is -2.01. The average Bonchev–Trinajstić information content (AvgIpc) is 2.18. The number of hydrogen-bond donors (Lipinski definition) is 0. The second-order valence-corrected chi connectivity index (χ2v) is 3.56. The van der Waals surface area contributed by atoms with Gasteiger partial charge in [0, 0.05) is 11.5 Å². The van der Waals surface area contributed by atoms with Crippen molar-refractivity contribution < 1.29 is 4.92 Å². The van der Waals surface area contributed by atoms with Crippen molar-refractivity contribution in [3.05, 3.63) is 45.1 Å². The van der Waals surface area contributed by atoms with E-state index in [1.165, 1.54) is 6.07 Å². The van der Waals surface area contributed by atoms with E-state index in [-0.39, 0.29) is 10.8 Å². The number of benzene rings is 1. The molecule has 1 aromatic carbocycles. The van der Waals surface area contributed by atoms with E-state index in [0.717, 1.165) is 10.9 Å². The van der Waals surface area contributed by atoms with E-state index in [1.807, 2.05) is 19.1 Å². The Morgan fingerprint density at radius 3 is 2.87 bits per heavy atom. The van der Waals surface area contributed by atoms with Gasteiger partial charge in [0.1, 0.15) is 0 Å². The molecule has 0 unspecified atom stereocenters. The van der Waals surface area contributed by atoms with Crippen LogP contribution in [0.25, 0.3) is 10.9 Å². The third-order valence-corrected chi connectivity index (χ3v) is 2.46. The predicted molar refractivity (Wildman–Crippen MR) is 58.1 cm³/mol. The summed E-state index contributed by atoms with van der Waals surface area (Å²) in [7, 11) is 0. The second-order valence-electron chi connectivity index (χ2n) is 3.20. The number of para-hydroxylation sites is 1. The quantitative estimate of drug-likeness (QED) is 0.423. The molecule has 1 heterocycles. The molecule has 0 radical (unpaired) electrons. The molecule has 0 bridgehead atoms. The first-order chi connectivity index (χ1) is 7.09. The van der Waals surface area contributed by atoms with E-state index in [1.54, 1.807) is 6.07 Å². The fraction of sp³-hybridized carbons (Fsp3) is 0.100. The van der Waals surface area contributed by atoms with Crippen LogP contribution in [0.5, 0.6) is 0 Å². The highest BCUT2D eigenvalue weighted by atomic mass is 35.5. The lowest BCUT2D eigenvalue weighted by Crippen LogP contribution is -1.93. The van der Waals surface area contributed by atoms with Crippen LogP contribution in [0.1, 0.15) is 5.56 Å². The molecule has 0 saturated carbocycles. The molecule has 0 atom stereocenters. The summed E-state index contributed by atoms with van der Waals surface area (Å²) in [5, 5.41) is 11.3. The number of hydrogen-bond acceptors (Lipinski definition) is 3. The largest absolute Gasteiger partial charge is 0.307 e. The summed E-state index contributed by atoms with van der Waals surface area (Å²) in [5.74, 6) is 0. The van der Waals surface area contributed by atoms with Gasteiger partial charge in [-0.3, -0.25) is 10.1 Å². The normalized spacial score (nSPS) is 10.5. The van der Waals surface area contributed by atoms with Gasteiger partial charge in [0.15, 0.2) is 0 Å². The van der Waals surface area contributed by atoms with E-state index in [4.69, 9.17) is 11.6 Å². The molecule has 0 aliphatic heterocycles. The number of fused-ring (bicyclic) bond motifs is 1. The van der Waals surface area contributed by atoms with E-state index >= 15 is 0 Å². The zero-order chi connectivity index (χ0) is 11.0. The monoisotopic (exact) mass is 222 g/mol. The van der Waals surface area contributed by atoms with Gasteiger partial charge in [-0.15, -0.1) is 0 Å². The van der Waals surface area contributed by atoms with Gasteiger partial charge in [0.05, 0.1) is 10.4 Å². The molecule has 0 N–H and O–H groups in total. The smallest absolute Gasteiger partial charge is 0.258 e. The molecule has 76 valence electrons. The Morgan fingerprint density at radius 1 is 1.47 bits per heavy atom. The molecule has 2 rings (SSSR count). The van der Waals surface area contributed by atoms with Gasteiger partial charge >= 0.3 is 5.69 Å². The SMILES string of the molecule is Cc1cccc2cc([N+](=O)[O-])c(Cl)nc12. The number of aromatic nitrogens is 1. The lowest BCUT2D eigenvalue weighted by molar-refractivity contribution is -0.384. The minimum absolute atomic E-state index is 0.0678. The first kappa shape index (κ1) is 9.86. The fourth-order valence-corrected chi connectivity index (χ4v) is 1.65. The molecule has 0 amide bonds. The van der Waals surface area contributed by atoms with Crippen molar-refractivity contribution in [2.24, 2.45) is 0 Å². The molecular formula is C10H7ClN2O2. The zero-order valence-electron chi connectivity index (χ0n) is 7.90. The number of aryl methyl sites for hydroxylation is 1. The van der Waals surface area contributed by atoms with Gasteiger partial charge in [0.2, 0.25) is 5.15 Å². The Morgan fingerprint density at radius 2 is 2.20 bits per heavy atom. The summed E-state index contributed by atoms with van der Waals surface area (Å²) in [6.45, 7) is 1.89. The van der Waals surface area contributed by atoms with Crippen molar-refractivity contribution in [2.75, 3.05) is 0 Å². The average molecular weight is 223 g/mol. The maximum absolute atomic E-state index is 10.6. The number of pyridine rings is 1. The summed E-state index contributed by atoms with van der Waals surface area (Å²) in [5.41, 5.74) is 1.49. The predicted octanol–water partition coefficient (Wildman–Crippen LogP) is 3.10. The van der Waals surface area contributed by atoms with Crippen LogP contribution >= 0.6 is 11.6 Å². The van der Waals surface area contributed by atoms with Crippen LogP contribution < -0.4 is 0 Å². The first-order valence-corrected chi connectivity index (χ1v) is 4.67. The minimum Gasteiger partial charge on any atom is -0.258 e. The lowest BCUT2D eigenvalue weighted by atomic mass is 10.1. The van der Waals surface area contributed by atoms with Gasteiger partial charge in [-0.05, 0) is 12.5 Å². The van der Waals surface area contributed by atoms with Crippen molar-refractivity contribution >= 4 is 28.2 Å². The van der Waals surface area contributed by atoms with Crippen LogP contribution in [-0.4, -0.2) is 9.91 Å². The summed E-state index contributed by atoms with van der Waals surface area (Å²) in [6.07, 6.45) is 0. The van der Waals surface area contributed by atoms with Crippen molar-refractivity contribution in [3.63, 3.8) is 0 Å². The zero-order valence-corrected chi connectivity index (χ0v) is 8.65. The molecule has 0 aliphatic rings. The second kappa shape index (κ2) is 3.47. The van der Waals surface area contributed by atoms with Crippen molar-refractivity contribution in [1.82, 2.24) is 4.98 Å². The Hall–Kier alpha value is -1.68. The third-order valence-electron chi connectivity index (χ3n) is 2.18. The topological polar surface area (TPSA) is 56.0 Å². The number of nitro groups is 1. The van der Waals surface area contributed by atoms with Gasteiger partial charge in [-0.25, -0.2) is 4.98 Å². The summed E-state index contributed by atoms with van der Waals surface area (Å²) >= 11 is 5.72. The summed E-state index contributed by atoms with van der Waals surface area (Å²) < 4.78 is 0. The van der Waals surface area contributed by atoms with Gasteiger partial charge in [-0.2, -0.15) is 0 Å². The van der Waals surface area contributed by atoms with Crippen molar-refractivity contribution in [2.45, 2.75) is 6.92 Å². The Bertz CT molecular complexity index is 554. The Kier molecular flexibility index (Phi) is 2.28. The fourth-order valence-electron chi connectivity index (χ4n) is 1.44. The van der Waals surface area contributed by atoms with Crippen molar-refractivity contribution in [1.29, 1.82) is 0 Å². The number of rotatable bonds is 1. The van der Waals surface area contributed by atoms with E-state index in [2.05, 4.69) is 4.98 Å². The maximum Gasteiger partial charge on any atom is 0.307 e. The van der Waals surface area contributed by atoms with Crippen LogP contribution in [0.4, 0.5) is 5.69 Å². The van der Waals surface area contributed by atoms with Crippen LogP contribution in [0.2, 0.25) is 5.15 Å². The Labute approximate surface area is 90.7 Å². The molecule has 0 aliphatic carbocycles. The molecule has 15 heavy (non-hydrogen) atoms. The summed E-state index contributed by atoms with van der Waals surface area (Å²) in [4.78, 5) is 14.1. The molecule has 0 saturated heterocycles. The molecule has 5 heteroatoms. The molecule has 4 nitrogen and oxygen atoms in total. The van der Waals surface area contributed by atoms with E-state index < -0.39 is 4.92 Å². The molecular weight excluding hydrogens is 216 g/mol. The molecule has 2 aromatic rings. The molecule has 1 aromatic heterocycles. The van der Waals surface area contributed by atoms with Crippen LogP contribution in [0.3, 0.4) is 0 Å². The van der Waals surface area contributed by atoms with E-state index in [9.17, 15) is 10.1 Å². The number of nitrogens with zero attached hydrogens (tertiary/aromatic N) is 2. The minimum atomic E-state index is -0.531. The molecule has 0 spiro atoms. The standard InChI is InChI=1S/C10H7ClN2O2/c1-6-3-2-4-7-5-8(13(14)15)10(11)12-9(6)7/h2-5H,1H3. The summed E-state index contributed by atoms with van der Waals surface area (Å²) in [6, 6.07) is 6.94. The van der Waals surface area contributed by atoms with Crippen LogP contribution in [0, 0.1) is 17.0 Å². The third kappa shape index (κ3) is 1.64. The van der Waals surface area contributed by atoms with Gasteiger partial charge < -0.3 is 0 Å². The van der Waals surface area contributed by atoms with Gasteiger partial charge in [-0.1, -0.05) is 29.8 Å². The molecule has 0 fully saturated rings. The van der Waals surface area contributed by atoms with E-state index in [0.29, 0.717) is 5.52 Å². The first-order valence-electron chi connectivity index (χ1n) is 4.30. The van der Waals surface area contributed by atoms with Crippen LogP contribution in [-0.2, 0) is 0 Å². The van der Waals surface area contributed by atoms with Gasteiger partial charge in [0.25, 0.3) is 0 Å². The maximum atomic E-state index is 10.6. The van der Waals surface area contributed by atoms with Crippen LogP contribution in [0.15, 0.2) is 24.3 Å². The number of halogens is 1. The Balaban J connectivity index is 2.82. The highest BCUT2D eigenvalue weighted by Gasteiger charge is 2.15. The van der Waals surface area contributed by atoms with Crippen molar-refractivity contribution in [3.8, 4) is 0 Å².